The fourth-order valence-electron chi connectivity index (χ4n) is 1.52. The highest BCUT2D eigenvalue weighted by Crippen LogP contribution is 2.09. The van der Waals surface area contributed by atoms with Crippen LogP contribution in [0.1, 0.15) is 33.4 Å². The summed E-state index contributed by atoms with van der Waals surface area (Å²) in [5.74, 6) is -0.391. The number of amides is 1. The van der Waals surface area contributed by atoms with Gasteiger partial charge in [-0.2, -0.15) is 4.72 Å². The van der Waals surface area contributed by atoms with Gasteiger partial charge >= 0.3 is 0 Å². The molecule has 1 amide bonds. The minimum absolute atomic E-state index is 0.00453. The molecule has 1 heterocycles. The lowest BCUT2D eigenvalue weighted by molar-refractivity contribution is -0.123. The Bertz CT molecular complexity index is 591. The van der Waals surface area contributed by atoms with Gasteiger partial charge in [0.1, 0.15) is 4.90 Å². The van der Waals surface area contributed by atoms with Crippen LogP contribution < -0.4 is 15.8 Å². The molecule has 0 bridgehead atoms. The van der Waals surface area contributed by atoms with Crippen LogP contribution in [0.2, 0.25) is 0 Å². The van der Waals surface area contributed by atoms with Crippen molar-refractivity contribution in [1.29, 1.82) is 0 Å². The number of aromatic nitrogens is 1. The lowest BCUT2D eigenvalue weighted by Gasteiger charge is -2.23. The second-order valence-corrected chi connectivity index (χ2v) is 7.49. The number of pyridine rings is 1. The largest absolute Gasteiger partial charge is 0.350 e. The summed E-state index contributed by atoms with van der Waals surface area (Å²) in [4.78, 5) is 15.8. The van der Waals surface area contributed by atoms with Gasteiger partial charge in [-0.25, -0.2) is 8.42 Å². The smallest absolute Gasteiger partial charge is 0.242 e. The summed E-state index contributed by atoms with van der Waals surface area (Å²) in [6.45, 7) is 7.18. The summed E-state index contributed by atoms with van der Waals surface area (Å²) in [5.41, 5.74) is 5.57. The molecular formula is C13H22N4O3S. The molecule has 21 heavy (non-hydrogen) atoms. The Morgan fingerprint density at radius 3 is 2.43 bits per heavy atom. The number of carbonyl (C=O) groups excluding carboxylic acids is 1. The first-order chi connectivity index (χ1) is 9.55. The van der Waals surface area contributed by atoms with Crippen molar-refractivity contribution in [3.05, 3.63) is 24.0 Å². The average molecular weight is 314 g/mol. The molecule has 1 aromatic rings. The lowest BCUT2D eigenvalue weighted by Crippen LogP contribution is -2.50. The molecule has 118 valence electrons. The molecule has 0 aliphatic rings. The number of hydrogen-bond acceptors (Lipinski definition) is 5. The molecule has 0 aromatic carbocycles. The van der Waals surface area contributed by atoms with Crippen molar-refractivity contribution < 1.29 is 13.2 Å². The van der Waals surface area contributed by atoms with Crippen LogP contribution in [0.15, 0.2) is 23.2 Å². The highest BCUT2D eigenvalue weighted by molar-refractivity contribution is 7.89. The third kappa shape index (κ3) is 5.41. The number of carbonyl (C=O) groups is 1. The fraction of sp³-hybridized carbons (Fsp3) is 0.538. The maximum atomic E-state index is 12.1. The van der Waals surface area contributed by atoms with Crippen molar-refractivity contribution in [2.45, 2.75) is 50.7 Å². The highest BCUT2D eigenvalue weighted by atomic mass is 32.2. The van der Waals surface area contributed by atoms with Gasteiger partial charge in [0, 0.05) is 18.3 Å². The van der Waals surface area contributed by atoms with Crippen LogP contribution in [0.4, 0.5) is 0 Å². The van der Waals surface area contributed by atoms with E-state index in [2.05, 4.69) is 15.0 Å². The topological polar surface area (TPSA) is 114 Å². The number of nitrogens with one attached hydrogen (secondary N) is 2. The summed E-state index contributed by atoms with van der Waals surface area (Å²) in [7, 11) is -3.80. The molecular weight excluding hydrogens is 292 g/mol. The third-order valence-electron chi connectivity index (χ3n) is 2.54. The molecule has 0 saturated heterocycles. The first-order valence-corrected chi connectivity index (χ1v) is 8.03. The average Bonchev–Trinajstić information content (AvgIpc) is 2.36. The predicted molar refractivity (Wildman–Crippen MR) is 79.8 cm³/mol. The second-order valence-electron chi connectivity index (χ2n) is 5.77. The van der Waals surface area contributed by atoms with Crippen molar-refractivity contribution in [2.75, 3.05) is 0 Å². The van der Waals surface area contributed by atoms with E-state index in [1.54, 1.807) is 0 Å². The molecule has 0 aliphatic carbocycles. The molecule has 4 N–H and O–H groups in total. The highest BCUT2D eigenvalue weighted by Gasteiger charge is 2.24. The van der Waals surface area contributed by atoms with Crippen molar-refractivity contribution in [2.24, 2.45) is 5.73 Å². The van der Waals surface area contributed by atoms with E-state index >= 15 is 0 Å². The standard InChI is InChI=1S/C13H22N4O3S/c1-9(12(18)16-13(2,3)4)17-21(19,20)11-6-5-10(7-14)15-8-11/h5-6,8-9,17H,7,14H2,1-4H3,(H,16,18). The van der Waals surface area contributed by atoms with Crippen LogP contribution in [0.25, 0.3) is 0 Å². The van der Waals surface area contributed by atoms with E-state index in [1.807, 2.05) is 20.8 Å². The van der Waals surface area contributed by atoms with E-state index in [-0.39, 0.29) is 11.4 Å². The predicted octanol–water partition coefficient (Wildman–Crippen LogP) is 0.122. The van der Waals surface area contributed by atoms with Crippen LogP contribution in [-0.2, 0) is 21.4 Å². The van der Waals surface area contributed by atoms with Gasteiger partial charge in [0.2, 0.25) is 15.9 Å². The van der Waals surface area contributed by atoms with Crippen molar-refractivity contribution >= 4 is 15.9 Å². The fourth-order valence-corrected chi connectivity index (χ4v) is 2.67. The monoisotopic (exact) mass is 314 g/mol. The van der Waals surface area contributed by atoms with E-state index in [0.717, 1.165) is 0 Å². The van der Waals surface area contributed by atoms with Gasteiger partial charge in [0.15, 0.2) is 0 Å². The van der Waals surface area contributed by atoms with E-state index in [9.17, 15) is 13.2 Å². The maximum absolute atomic E-state index is 12.1. The first kappa shape index (κ1) is 17.5. The Morgan fingerprint density at radius 1 is 1.38 bits per heavy atom. The van der Waals surface area contributed by atoms with Crippen LogP contribution in [-0.4, -0.2) is 30.9 Å². The molecule has 0 spiro atoms. The van der Waals surface area contributed by atoms with E-state index in [1.165, 1.54) is 25.3 Å². The summed E-state index contributed by atoms with van der Waals surface area (Å²) >= 11 is 0. The Balaban J connectivity index is 2.81. The Morgan fingerprint density at radius 2 is 2.00 bits per heavy atom. The molecule has 0 fully saturated rings. The number of nitrogens with two attached hydrogens (primary N) is 1. The van der Waals surface area contributed by atoms with Crippen molar-refractivity contribution in [3.63, 3.8) is 0 Å². The van der Waals surface area contributed by atoms with E-state index in [0.29, 0.717) is 5.69 Å². The van der Waals surface area contributed by atoms with Crippen molar-refractivity contribution in [3.8, 4) is 0 Å². The Hall–Kier alpha value is -1.51. The summed E-state index contributed by atoms with van der Waals surface area (Å²) in [6, 6.07) is 2.06. The Kier molecular flexibility index (Phi) is 5.43. The zero-order valence-corrected chi connectivity index (χ0v) is 13.5. The quantitative estimate of drug-likeness (QED) is 0.714. The number of rotatable bonds is 5. The molecule has 0 aliphatic heterocycles. The van der Waals surface area contributed by atoms with Gasteiger partial charge < -0.3 is 11.1 Å². The Labute approximate surface area is 125 Å². The summed E-state index contributed by atoms with van der Waals surface area (Å²) in [5, 5.41) is 2.71. The van der Waals surface area contributed by atoms with Crippen LogP contribution in [0.5, 0.6) is 0 Å². The van der Waals surface area contributed by atoms with E-state index < -0.39 is 27.5 Å². The van der Waals surface area contributed by atoms with Crippen LogP contribution >= 0.6 is 0 Å². The third-order valence-corrected chi connectivity index (χ3v) is 4.07. The molecule has 0 radical (unpaired) electrons. The molecule has 7 nitrogen and oxygen atoms in total. The lowest BCUT2D eigenvalue weighted by atomic mass is 10.1. The second kappa shape index (κ2) is 6.50. The van der Waals surface area contributed by atoms with Gasteiger partial charge in [-0.1, -0.05) is 0 Å². The van der Waals surface area contributed by atoms with Gasteiger partial charge in [0.25, 0.3) is 0 Å². The first-order valence-electron chi connectivity index (χ1n) is 6.54. The normalized spacial score (nSPS) is 13.8. The van der Waals surface area contributed by atoms with Crippen molar-refractivity contribution in [1.82, 2.24) is 15.0 Å². The molecule has 1 aromatic heterocycles. The molecule has 0 saturated carbocycles. The maximum Gasteiger partial charge on any atom is 0.242 e. The minimum atomic E-state index is -3.80. The van der Waals surface area contributed by atoms with E-state index in [4.69, 9.17) is 5.73 Å². The molecule has 1 atom stereocenters. The molecule has 8 heteroatoms. The minimum Gasteiger partial charge on any atom is -0.350 e. The van der Waals surface area contributed by atoms with Crippen LogP contribution in [0, 0.1) is 0 Å². The number of nitrogens with zero attached hydrogens (tertiary/aromatic N) is 1. The SMILES string of the molecule is CC(NS(=O)(=O)c1ccc(CN)nc1)C(=O)NC(C)(C)C. The molecule has 1 rings (SSSR count). The summed E-state index contributed by atoms with van der Waals surface area (Å²) < 4.78 is 26.6. The number of sulfonamides is 1. The van der Waals surface area contributed by atoms with Gasteiger partial charge in [-0.3, -0.25) is 9.78 Å². The van der Waals surface area contributed by atoms with Gasteiger partial charge in [-0.15, -0.1) is 0 Å². The van der Waals surface area contributed by atoms with Crippen LogP contribution in [0.3, 0.4) is 0 Å². The zero-order valence-electron chi connectivity index (χ0n) is 12.7. The number of hydrogen-bond donors (Lipinski definition) is 3. The summed E-state index contributed by atoms with van der Waals surface area (Å²) in [6.07, 6.45) is 1.22. The van der Waals surface area contributed by atoms with Gasteiger partial charge in [-0.05, 0) is 39.8 Å². The zero-order chi connectivity index (χ0) is 16.3. The van der Waals surface area contributed by atoms with Gasteiger partial charge in [0.05, 0.1) is 11.7 Å². The molecule has 1 unspecified atom stereocenters.